The van der Waals surface area contributed by atoms with Gasteiger partial charge in [0.2, 0.25) is 5.82 Å². The van der Waals surface area contributed by atoms with Crippen LogP contribution in [0.25, 0.3) is 0 Å². The van der Waals surface area contributed by atoms with Crippen molar-refractivity contribution >= 4 is 5.69 Å². The molecular weight excluding hydrogens is 235 g/mol. The Morgan fingerprint density at radius 3 is 2.61 bits per heavy atom. The molecule has 0 bridgehead atoms. The van der Waals surface area contributed by atoms with Gasteiger partial charge in [-0.15, -0.1) is 0 Å². The smallest absolute Gasteiger partial charge is 0.304 e. The van der Waals surface area contributed by atoms with E-state index < -0.39 is 16.4 Å². The van der Waals surface area contributed by atoms with Crippen molar-refractivity contribution in [1.29, 1.82) is 0 Å². The Morgan fingerprint density at radius 2 is 2.11 bits per heavy atom. The minimum atomic E-state index is -0.763. The molecule has 2 unspecified atom stereocenters. The third-order valence-corrected chi connectivity index (χ3v) is 3.15. The molecule has 0 aliphatic rings. The summed E-state index contributed by atoms with van der Waals surface area (Å²) < 4.78 is 13.4. The van der Waals surface area contributed by atoms with Crippen LogP contribution in [0.4, 0.5) is 10.1 Å². The number of rotatable bonds is 6. The fourth-order valence-electron chi connectivity index (χ4n) is 1.90. The van der Waals surface area contributed by atoms with E-state index >= 15 is 0 Å². The number of nitrogens with zero attached hydrogens (tertiary/aromatic N) is 1. The maximum Gasteiger partial charge on any atom is 0.304 e. The number of hydrogen-bond acceptors (Lipinski definition) is 3. The van der Waals surface area contributed by atoms with Crippen molar-refractivity contribution in [1.82, 2.24) is 5.32 Å². The molecule has 0 heterocycles. The molecule has 0 aliphatic carbocycles. The predicted octanol–water partition coefficient (Wildman–Crippen LogP) is 2.91. The first kappa shape index (κ1) is 14.6. The zero-order valence-corrected chi connectivity index (χ0v) is 10.9. The fourth-order valence-corrected chi connectivity index (χ4v) is 1.90. The summed E-state index contributed by atoms with van der Waals surface area (Å²) in [5.41, 5.74) is 0.321. The lowest BCUT2D eigenvalue weighted by Gasteiger charge is -2.20. The first-order valence-corrected chi connectivity index (χ1v) is 6.11. The SMILES string of the molecule is CCNC(C)C(C)Cc1ccc([N+](=O)[O-])c(F)c1. The third-order valence-electron chi connectivity index (χ3n) is 3.15. The Morgan fingerprint density at radius 1 is 1.44 bits per heavy atom. The van der Waals surface area contributed by atoms with Gasteiger partial charge in [0, 0.05) is 12.1 Å². The Hall–Kier alpha value is -1.49. The second-order valence-corrected chi connectivity index (χ2v) is 4.57. The van der Waals surface area contributed by atoms with Crippen LogP contribution in [-0.4, -0.2) is 17.5 Å². The molecule has 0 aromatic heterocycles. The average molecular weight is 254 g/mol. The predicted molar refractivity (Wildman–Crippen MR) is 69.1 cm³/mol. The van der Waals surface area contributed by atoms with Crippen LogP contribution < -0.4 is 5.32 Å². The Balaban J connectivity index is 2.74. The van der Waals surface area contributed by atoms with Gasteiger partial charge >= 0.3 is 5.69 Å². The molecule has 100 valence electrons. The van der Waals surface area contributed by atoms with Crippen molar-refractivity contribution in [3.8, 4) is 0 Å². The second kappa shape index (κ2) is 6.44. The molecule has 2 atom stereocenters. The molecule has 1 aromatic carbocycles. The zero-order valence-electron chi connectivity index (χ0n) is 10.9. The van der Waals surface area contributed by atoms with Crippen molar-refractivity contribution in [2.45, 2.75) is 33.2 Å². The molecule has 1 aromatic rings. The van der Waals surface area contributed by atoms with E-state index in [2.05, 4.69) is 19.2 Å². The number of nitrogens with one attached hydrogen (secondary N) is 1. The van der Waals surface area contributed by atoms with Crippen LogP contribution >= 0.6 is 0 Å². The van der Waals surface area contributed by atoms with Crippen molar-refractivity contribution in [2.75, 3.05) is 6.54 Å². The second-order valence-electron chi connectivity index (χ2n) is 4.57. The summed E-state index contributed by atoms with van der Waals surface area (Å²) in [6.45, 7) is 7.08. The van der Waals surface area contributed by atoms with Crippen LogP contribution in [0.1, 0.15) is 26.3 Å². The highest BCUT2D eigenvalue weighted by Gasteiger charge is 2.16. The maximum absolute atomic E-state index is 13.4. The van der Waals surface area contributed by atoms with Gasteiger partial charge in [-0.2, -0.15) is 4.39 Å². The standard InChI is InChI=1S/C13H19FN2O2/c1-4-15-10(3)9(2)7-11-5-6-13(16(17)18)12(14)8-11/h5-6,8-10,15H,4,7H2,1-3H3. The van der Waals surface area contributed by atoms with Crippen molar-refractivity contribution in [3.63, 3.8) is 0 Å². The molecule has 1 rings (SSSR count). The summed E-state index contributed by atoms with van der Waals surface area (Å²) in [6, 6.07) is 4.44. The van der Waals surface area contributed by atoms with E-state index in [4.69, 9.17) is 0 Å². The minimum absolute atomic E-state index is 0.327. The first-order chi connectivity index (χ1) is 8.45. The van der Waals surface area contributed by atoms with Gasteiger partial charge in [-0.3, -0.25) is 10.1 Å². The Bertz CT molecular complexity index is 423. The molecule has 0 spiro atoms. The number of nitro benzene ring substituents is 1. The van der Waals surface area contributed by atoms with E-state index in [0.717, 1.165) is 12.1 Å². The highest BCUT2D eigenvalue weighted by atomic mass is 19.1. The summed E-state index contributed by atoms with van der Waals surface area (Å²) >= 11 is 0. The van der Waals surface area contributed by atoms with E-state index in [-0.39, 0.29) is 0 Å². The lowest BCUT2D eigenvalue weighted by atomic mass is 9.95. The number of benzene rings is 1. The molecule has 18 heavy (non-hydrogen) atoms. The third kappa shape index (κ3) is 3.77. The van der Waals surface area contributed by atoms with Crippen LogP contribution in [0.15, 0.2) is 18.2 Å². The topological polar surface area (TPSA) is 55.2 Å². The highest BCUT2D eigenvalue weighted by molar-refractivity contribution is 5.35. The summed E-state index contributed by atoms with van der Waals surface area (Å²) in [4.78, 5) is 9.80. The molecule has 0 saturated heterocycles. The lowest BCUT2D eigenvalue weighted by molar-refractivity contribution is -0.387. The van der Waals surface area contributed by atoms with E-state index in [9.17, 15) is 14.5 Å². The van der Waals surface area contributed by atoms with Gasteiger partial charge in [0.05, 0.1) is 4.92 Å². The van der Waals surface area contributed by atoms with Gasteiger partial charge in [-0.1, -0.05) is 19.9 Å². The quantitative estimate of drug-likeness (QED) is 0.627. The molecule has 0 amide bonds. The Kier molecular flexibility index (Phi) is 5.22. The average Bonchev–Trinajstić information content (AvgIpc) is 2.28. The van der Waals surface area contributed by atoms with E-state index in [1.807, 2.05) is 6.92 Å². The van der Waals surface area contributed by atoms with Gasteiger partial charge in [0.15, 0.2) is 0 Å². The molecule has 0 fully saturated rings. The van der Waals surface area contributed by atoms with Crippen LogP contribution in [0, 0.1) is 21.8 Å². The van der Waals surface area contributed by atoms with Gasteiger partial charge in [0.25, 0.3) is 0 Å². The lowest BCUT2D eigenvalue weighted by Crippen LogP contribution is -2.32. The summed E-state index contributed by atoms with van der Waals surface area (Å²) in [5, 5.41) is 13.8. The summed E-state index contributed by atoms with van der Waals surface area (Å²) in [5.74, 6) is -0.424. The van der Waals surface area contributed by atoms with E-state index in [0.29, 0.717) is 18.4 Å². The van der Waals surface area contributed by atoms with Crippen molar-refractivity contribution < 1.29 is 9.31 Å². The summed E-state index contributed by atoms with van der Waals surface area (Å²) in [6.07, 6.45) is 0.698. The van der Waals surface area contributed by atoms with Gasteiger partial charge in [-0.05, 0) is 37.4 Å². The van der Waals surface area contributed by atoms with Gasteiger partial charge in [-0.25, -0.2) is 0 Å². The molecule has 5 heteroatoms. The van der Waals surface area contributed by atoms with E-state index in [1.165, 1.54) is 12.1 Å². The van der Waals surface area contributed by atoms with Crippen LogP contribution in [-0.2, 0) is 6.42 Å². The monoisotopic (exact) mass is 254 g/mol. The summed E-state index contributed by atoms with van der Waals surface area (Å²) in [7, 11) is 0. The van der Waals surface area contributed by atoms with Gasteiger partial charge < -0.3 is 5.32 Å². The largest absolute Gasteiger partial charge is 0.314 e. The molecule has 0 aliphatic heterocycles. The molecule has 0 radical (unpaired) electrons. The molecular formula is C13H19FN2O2. The first-order valence-electron chi connectivity index (χ1n) is 6.11. The normalized spacial score (nSPS) is 14.2. The maximum atomic E-state index is 13.4. The minimum Gasteiger partial charge on any atom is -0.314 e. The highest BCUT2D eigenvalue weighted by Crippen LogP contribution is 2.20. The van der Waals surface area contributed by atoms with E-state index in [1.54, 1.807) is 6.07 Å². The van der Waals surface area contributed by atoms with Crippen LogP contribution in [0.2, 0.25) is 0 Å². The molecule has 1 N–H and O–H groups in total. The van der Waals surface area contributed by atoms with Crippen LogP contribution in [0.3, 0.4) is 0 Å². The molecule has 4 nitrogen and oxygen atoms in total. The van der Waals surface area contributed by atoms with Crippen molar-refractivity contribution in [2.24, 2.45) is 5.92 Å². The number of nitro groups is 1. The number of halogens is 1. The Labute approximate surface area is 106 Å². The fraction of sp³-hybridized carbons (Fsp3) is 0.538. The molecule has 0 saturated carbocycles. The van der Waals surface area contributed by atoms with Crippen LogP contribution in [0.5, 0.6) is 0 Å². The van der Waals surface area contributed by atoms with Gasteiger partial charge in [0.1, 0.15) is 0 Å². The van der Waals surface area contributed by atoms with Crippen molar-refractivity contribution in [3.05, 3.63) is 39.7 Å². The number of hydrogen-bond donors (Lipinski definition) is 1. The zero-order chi connectivity index (χ0) is 13.7.